The maximum absolute atomic E-state index is 12.2. The molecule has 2 saturated heterocycles. The molecule has 3 heterocycles. The van der Waals surface area contributed by atoms with Crippen molar-refractivity contribution in [2.45, 2.75) is 31.6 Å². The van der Waals surface area contributed by atoms with Gasteiger partial charge < -0.3 is 9.80 Å². The molecule has 2 fully saturated rings. The number of aromatic nitrogens is 1. The van der Waals surface area contributed by atoms with Gasteiger partial charge in [0, 0.05) is 44.4 Å². The highest BCUT2D eigenvalue weighted by Crippen LogP contribution is 2.26. The molecule has 3 rings (SSSR count). The summed E-state index contributed by atoms with van der Waals surface area (Å²) in [5.41, 5.74) is 1.19. The quantitative estimate of drug-likeness (QED) is 0.844. The standard InChI is InChI=1S/C16H21N3O2/c20-15-6-2-1-3-8-18(15)12-16(21)19-10-14(11-19)13-5-4-7-17-9-13/h4-5,7,9,14H,1-3,6,8,10-12H2. The molecular weight excluding hydrogens is 266 g/mol. The highest BCUT2D eigenvalue weighted by molar-refractivity contribution is 5.85. The molecule has 0 atom stereocenters. The van der Waals surface area contributed by atoms with Crippen LogP contribution in [0.4, 0.5) is 0 Å². The van der Waals surface area contributed by atoms with E-state index in [1.54, 1.807) is 11.1 Å². The van der Waals surface area contributed by atoms with Crippen LogP contribution in [0.2, 0.25) is 0 Å². The van der Waals surface area contributed by atoms with E-state index in [9.17, 15) is 9.59 Å². The lowest BCUT2D eigenvalue weighted by molar-refractivity contribution is -0.143. The first-order valence-corrected chi connectivity index (χ1v) is 7.69. The molecule has 1 aromatic heterocycles. The molecule has 0 radical (unpaired) electrons. The number of likely N-dealkylation sites (tertiary alicyclic amines) is 2. The molecule has 5 heteroatoms. The fourth-order valence-corrected chi connectivity index (χ4v) is 2.98. The fourth-order valence-electron chi connectivity index (χ4n) is 2.98. The first kappa shape index (κ1) is 14.0. The minimum Gasteiger partial charge on any atom is -0.340 e. The summed E-state index contributed by atoms with van der Waals surface area (Å²) in [5, 5.41) is 0. The van der Waals surface area contributed by atoms with Crippen LogP contribution in [-0.4, -0.2) is 52.8 Å². The molecule has 0 aromatic carbocycles. The minimum atomic E-state index is 0.0744. The maximum atomic E-state index is 12.2. The lowest BCUT2D eigenvalue weighted by Gasteiger charge is -2.40. The Bertz CT molecular complexity index is 512. The SMILES string of the molecule is O=C1CCCCCN1CC(=O)N1CC(c2cccnc2)C1. The largest absolute Gasteiger partial charge is 0.340 e. The van der Waals surface area contributed by atoms with Crippen LogP contribution < -0.4 is 0 Å². The van der Waals surface area contributed by atoms with Gasteiger partial charge in [-0.3, -0.25) is 14.6 Å². The summed E-state index contributed by atoms with van der Waals surface area (Å²) < 4.78 is 0. The number of hydrogen-bond acceptors (Lipinski definition) is 3. The lowest BCUT2D eigenvalue weighted by atomic mass is 9.93. The Morgan fingerprint density at radius 2 is 2.14 bits per heavy atom. The van der Waals surface area contributed by atoms with Crippen molar-refractivity contribution in [2.75, 3.05) is 26.2 Å². The number of carbonyl (C=O) groups excluding carboxylic acids is 2. The van der Waals surface area contributed by atoms with Gasteiger partial charge in [-0.15, -0.1) is 0 Å². The van der Waals surface area contributed by atoms with E-state index in [-0.39, 0.29) is 18.4 Å². The molecule has 0 aliphatic carbocycles. The molecule has 112 valence electrons. The number of pyridine rings is 1. The summed E-state index contributed by atoms with van der Waals surface area (Å²) in [6.07, 6.45) is 7.27. The van der Waals surface area contributed by atoms with E-state index in [1.807, 2.05) is 17.2 Å². The van der Waals surface area contributed by atoms with Gasteiger partial charge in [0.05, 0.1) is 6.54 Å². The first-order chi connectivity index (χ1) is 10.2. The van der Waals surface area contributed by atoms with Crippen molar-refractivity contribution in [3.8, 4) is 0 Å². The van der Waals surface area contributed by atoms with E-state index >= 15 is 0 Å². The molecule has 21 heavy (non-hydrogen) atoms. The van der Waals surface area contributed by atoms with Gasteiger partial charge in [-0.1, -0.05) is 12.5 Å². The number of carbonyl (C=O) groups is 2. The third kappa shape index (κ3) is 3.23. The zero-order chi connectivity index (χ0) is 14.7. The molecule has 0 bridgehead atoms. The molecule has 2 aliphatic rings. The van der Waals surface area contributed by atoms with E-state index in [0.717, 1.165) is 38.9 Å². The zero-order valence-corrected chi connectivity index (χ0v) is 12.2. The molecule has 0 N–H and O–H groups in total. The van der Waals surface area contributed by atoms with Crippen LogP contribution in [0.1, 0.15) is 37.2 Å². The predicted octanol–water partition coefficient (Wildman–Crippen LogP) is 1.41. The second-order valence-corrected chi connectivity index (χ2v) is 5.91. The molecule has 2 aliphatic heterocycles. The van der Waals surface area contributed by atoms with E-state index in [1.165, 1.54) is 5.56 Å². The maximum Gasteiger partial charge on any atom is 0.242 e. The number of nitrogens with zero attached hydrogens (tertiary/aromatic N) is 3. The van der Waals surface area contributed by atoms with Crippen molar-refractivity contribution in [3.63, 3.8) is 0 Å². The Kier molecular flexibility index (Phi) is 4.18. The third-order valence-electron chi connectivity index (χ3n) is 4.39. The minimum absolute atomic E-state index is 0.0744. The Hall–Kier alpha value is -1.91. The smallest absolute Gasteiger partial charge is 0.242 e. The van der Waals surface area contributed by atoms with Gasteiger partial charge in [0.15, 0.2) is 0 Å². The molecule has 5 nitrogen and oxygen atoms in total. The van der Waals surface area contributed by atoms with Crippen molar-refractivity contribution < 1.29 is 9.59 Å². The van der Waals surface area contributed by atoms with Crippen LogP contribution in [0.15, 0.2) is 24.5 Å². The lowest BCUT2D eigenvalue weighted by Crippen LogP contribution is -2.52. The topological polar surface area (TPSA) is 53.5 Å². The molecule has 0 saturated carbocycles. The Balaban J connectivity index is 1.50. The normalized spacial score (nSPS) is 20.1. The average Bonchev–Trinajstić information content (AvgIpc) is 2.64. The molecule has 0 unspecified atom stereocenters. The summed E-state index contributed by atoms with van der Waals surface area (Å²) in [6, 6.07) is 3.98. The van der Waals surface area contributed by atoms with Crippen LogP contribution in [0, 0.1) is 0 Å². The van der Waals surface area contributed by atoms with Gasteiger partial charge in [-0.05, 0) is 24.5 Å². The highest BCUT2D eigenvalue weighted by Gasteiger charge is 2.33. The molecule has 1 aromatic rings. The summed E-state index contributed by atoms with van der Waals surface area (Å²) in [5.74, 6) is 0.595. The van der Waals surface area contributed by atoms with Gasteiger partial charge in [-0.2, -0.15) is 0 Å². The third-order valence-corrected chi connectivity index (χ3v) is 4.39. The second-order valence-electron chi connectivity index (χ2n) is 5.91. The van der Waals surface area contributed by atoms with Crippen molar-refractivity contribution >= 4 is 11.8 Å². The highest BCUT2D eigenvalue weighted by atomic mass is 16.2. The van der Waals surface area contributed by atoms with Crippen molar-refractivity contribution in [1.82, 2.24) is 14.8 Å². The Morgan fingerprint density at radius 1 is 1.29 bits per heavy atom. The van der Waals surface area contributed by atoms with E-state index in [4.69, 9.17) is 0 Å². The molecular formula is C16H21N3O2. The van der Waals surface area contributed by atoms with Crippen molar-refractivity contribution in [2.24, 2.45) is 0 Å². The summed E-state index contributed by atoms with van der Waals surface area (Å²) in [7, 11) is 0. The number of hydrogen-bond donors (Lipinski definition) is 0. The van der Waals surface area contributed by atoms with E-state index < -0.39 is 0 Å². The second kappa shape index (κ2) is 6.24. The Labute approximate surface area is 124 Å². The van der Waals surface area contributed by atoms with Gasteiger partial charge >= 0.3 is 0 Å². The van der Waals surface area contributed by atoms with Crippen molar-refractivity contribution in [3.05, 3.63) is 30.1 Å². The molecule has 0 spiro atoms. The Morgan fingerprint density at radius 3 is 2.90 bits per heavy atom. The van der Waals surface area contributed by atoms with Crippen molar-refractivity contribution in [1.29, 1.82) is 0 Å². The van der Waals surface area contributed by atoms with Gasteiger partial charge in [0.25, 0.3) is 0 Å². The average molecular weight is 287 g/mol. The van der Waals surface area contributed by atoms with Crippen LogP contribution in [-0.2, 0) is 9.59 Å². The predicted molar refractivity (Wildman–Crippen MR) is 78.6 cm³/mol. The zero-order valence-electron chi connectivity index (χ0n) is 12.2. The van der Waals surface area contributed by atoms with Gasteiger partial charge in [-0.25, -0.2) is 0 Å². The van der Waals surface area contributed by atoms with Gasteiger partial charge in [0.2, 0.25) is 11.8 Å². The number of amides is 2. The summed E-state index contributed by atoms with van der Waals surface area (Å²) in [6.45, 7) is 2.46. The summed E-state index contributed by atoms with van der Waals surface area (Å²) >= 11 is 0. The van der Waals surface area contributed by atoms with Crippen LogP contribution >= 0.6 is 0 Å². The summed E-state index contributed by atoms with van der Waals surface area (Å²) in [4.78, 5) is 31.8. The monoisotopic (exact) mass is 287 g/mol. The number of rotatable bonds is 3. The van der Waals surface area contributed by atoms with Crippen LogP contribution in [0.3, 0.4) is 0 Å². The first-order valence-electron chi connectivity index (χ1n) is 7.69. The van der Waals surface area contributed by atoms with E-state index in [2.05, 4.69) is 11.1 Å². The van der Waals surface area contributed by atoms with Crippen LogP contribution in [0.25, 0.3) is 0 Å². The fraction of sp³-hybridized carbons (Fsp3) is 0.562. The van der Waals surface area contributed by atoms with Gasteiger partial charge in [0.1, 0.15) is 0 Å². The van der Waals surface area contributed by atoms with Crippen LogP contribution in [0.5, 0.6) is 0 Å². The molecule has 2 amide bonds. The van der Waals surface area contributed by atoms with E-state index in [0.29, 0.717) is 12.3 Å².